The summed E-state index contributed by atoms with van der Waals surface area (Å²) in [4.78, 5) is 14.3. The van der Waals surface area contributed by atoms with Crippen LogP contribution < -0.4 is 0 Å². The van der Waals surface area contributed by atoms with Crippen LogP contribution in [0, 0.1) is 12.7 Å². The van der Waals surface area contributed by atoms with E-state index in [1.54, 1.807) is 17.9 Å². The minimum absolute atomic E-state index is 0.0972. The summed E-state index contributed by atoms with van der Waals surface area (Å²) in [5.41, 5.74) is 0.598. The number of aryl methyl sites for hydroxylation is 1. The van der Waals surface area contributed by atoms with E-state index in [0.717, 1.165) is 0 Å². The lowest BCUT2D eigenvalue weighted by Gasteiger charge is -2.44. The number of amides is 1. The van der Waals surface area contributed by atoms with Gasteiger partial charge in [0.2, 0.25) is 0 Å². The molecule has 1 N–H and O–H groups in total. The topological polar surface area (TPSA) is 40.5 Å². The maximum absolute atomic E-state index is 13.2. The van der Waals surface area contributed by atoms with Gasteiger partial charge in [-0.1, -0.05) is 0 Å². The highest BCUT2D eigenvalue weighted by Crippen LogP contribution is 2.29. The molecule has 1 fully saturated rings. The van der Waals surface area contributed by atoms with Crippen LogP contribution in [0.4, 0.5) is 4.39 Å². The van der Waals surface area contributed by atoms with Crippen LogP contribution in [-0.2, 0) is 0 Å². The van der Waals surface area contributed by atoms with E-state index in [-0.39, 0.29) is 23.4 Å². The van der Waals surface area contributed by atoms with Gasteiger partial charge in [-0.25, -0.2) is 4.39 Å². The van der Waals surface area contributed by atoms with Crippen molar-refractivity contribution in [2.75, 3.05) is 6.54 Å². The molecule has 1 aliphatic heterocycles. The van der Waals surface area contributed by atoms with Gasteiger partial charge in [0, 0.05) is 17.6 Å². The van der Waals surface area contributed by atoms with E-state index in [1.165, 1.54) is 12.1 Å². The van der Waals surface area contributed by atoms with Gasteiger partial charge in [-0.3, -0.25) is 4.79 Å². The molecule has 0 saturated carbocycles. The van der Waals surface area contributed by atoms with Gasteiger partial charge >= 0.3 is 0 Å². The standard InChI is InChI=1S/C15H20FNO2/c1-10-8-11(4-5-13(10)16)14(19)17-7-6-12(18)9-15(17,2)3/h4-5,8,12,18H,6-7,9H2,1-3H3. The summed E-state index contributed by atoms with van der Waals surface area (Å²) in [5, 5.41) is 9.71. The van der Waals surface area contributed by atoms with Crippen molar-refractivity contribution in [3.63, 3.8) is 0 Å². The largest absolute Gasteiger partial charge is 0.393 e. The van der Waals surface area contributed by atoms with Gasteiger partial charge in [0.25, 0.3) is 5.91 Å². The summed E-state index contributed by atoms with van der Waals surface area (Å²) in [5.74, 6) is -0.398. The molecule has 0 radical (unpaired) electrons. The molecule has 1 heterocycles. The normalized spacial score (nSPS) is 22.4. The Labute approximate surface area is 113 Å². The molecule has 0 aliphatic carbocycles. The van der Waals surface area contributed by atoms with Crippen molar-refractivity contribution in [1.82, 2.24) is 4.90 Å². The first-order chi connectivity index (χ1) is 8.81. The Kier molecular flexibility index (Phi) is 3.63. The number of aliphatic hydroxyl groups is 1. The quantitative estimate of drug-likeness (QED) is 0.847. The summed E-state index contributed by atoms with van der Waals surface area (Å²) in [6, 6.07) is 4.43. The average molecular weight is 265 g/mol. The SMILES string of the molecule is Cc1cc(C(=O)N2CCC(O)CC2(C)C)ccc1F. The van der Waals surface area contributed by atoms with Crippen molar-refractivity contribution in [2.24, 2.45) is 0 Å². The number of aliphatic hydroxyl groups excluding tert-OH is 1. The lowest BCUT2D eigenvalue weighted by molar-refractivity contribution is 0.00329. The first kappa shape index (κ1) is 14.0. The molecule has 3 nitrogen and oxygen atoms in total. The number of piperidine rings is 1. The van der Waals surface area contributed by atoms with Crippen LogP contribution in [0.2, 0.25) is 0 Å². The number of carbonyl (C=O) groups excluding carboxylic acids is 1. The first-order valence-corrected chi connectivity index (χ1v) is 6.57. The van der Waals surface area contributed by atoms with Crippen LogP contribution in [0.25, 0.3) is 0 Å². The second kappa shape index (κ2) is 4.93. The van der Waals surface area contributed by atoms with Crippen LogP contribution in [0.1, 0.15) is 42.6 Å². The predicted molar refractivity (Wildman–Crippen MR) is 71.5 cm³/mol. The monoisotopic (exact) mass is 265 g/mol. The van der Waals surface area contributed by atoms with Crippen LogP contribution in [-0.4, -0.2) is 34.1 Å². The zero-order chi connectivity index (χ0) is 14.2. The molecule has 1 amide bonds. The molecule has 1 aromatic rings. The zero-order valence-corrected chi connectivity index (χ0v) is 11.6. The van der Waals surface area contributed by atoms with Crippen molar-refractivity contribution in [2.45, 2.75) is 45.3 Å². The number of carbonyl (C=O) groups is 1. The Morgan fingerprint density at radius 2 is 2.16 bits per heavy atom. The number of rotatable bonds is 1. The lowest BCUT2D eigenvalue weighted by Crippen LogP contribution is -2.54. The van der Waals surface area contributed by atoms with Crippen molar-refractivity contribution >= 4 is 5.91 Å². The van der Waals surface area contributed by atoms with Gasteiger partial charge in [-0.15, -0.1) is 0 Å². The highest BCUT2D eigenvalue weighted by molar-refractivity contribution is 5.95. The third-order valence-electron chi connectivity index (χ3n) is 3.80. The summed E-state index contributed by atoms with van der Waals surface area (Å²) >= 11 is 0. The van der Waals surface area contributed by atoms with Crippen LogP contribution >= 0.6 is 0 Å². The summed E-state index contributed by atoms with van der Waals surface area (Å²) < 4.78 is 13.2. The van der Waals surface area contributed by atoms with Crippen LogP contribution in [0.15, 0.2) is 18.2 Å². The van der Waals surface area contributed by atoms with Gasteiger partial charge in [-0.05, 0) is 57.4 Å². The number of benzene rings is 1. The summed E-state index contributed by atoms with van der Waals surface area (Å²) in [6.45, 7) is 6.08. The van der Waals surface area contributed by atoms with Gasteiger partial charge in [0.1, 0.15) is 5.82 Å². The smallest absolute Gasteiger partial charge is 0.254 e. The van der Waals surface area contributed by atoms with Crippen LogP contribution in [0.3, 0.4) is 0 Å². The molecule has 0 bridgehead atoms. The number of likely N-dealkylation sites (tertiary alicyclic amines) is 1. The second-order valence-electron chi connectivity index (χ2n) is 5.88. The fourth-order valence-electron chi connectivity index (χ4n) is 2.68. The van der Waals surface area contributed by atoms with E-state index in [4.69, 9.17) is 0 Å². The van der Waals surface area contributed by atoms with Crippen molar-refractivity contribution in [3.8, 4) is 0 Å². The number of halogens is 1. The Morgan fingerprint density at radius 1 is 1.47 bits per heavy atom. The molecule has 4 heteroatoms. The molecule has 1 aromatic carbocycles. The van der Waals surface area contributed by atoms with E-state index in [2.05, 4.69) is 0 Å². The van der Waals surface area contributed by atoms with Crippen molar-refractivity contribution in [1.29, 1.82) is 0 Å². The van der Waals surface area contributed by atoms with E-state index < -0.39 is 0 Å². The molecule has 0 aromatic heterocycles. The minimum atomic E-state index is -0.378. The summed E-state index contributed by atoms with van der Waals surface area (Å²) in [7, 11) is 0. The Balaban J connectivity index is 2.26. The Bertz CT molecular complexity index is 499. The third kappa shape index (κ3) is 2.78. The van der Waals surface area contributed by atoms with E-state index >= 15 is 0 Å². The van der Waals surface area contributed by atoms with E-state index in [1.807, 2.05) is 13.8 Å². The zero-order valence-electron chi connectivity index (χ0n) is 11.6. The fourth-order valence-corrected chi connectivity index (χ4v) is 2.68. The van der Waals surface area contributed by atoms with Gasteiger partial charge in [-0.2, -0.15) is 0 Å². The Morgan fingerprint density at radius 3 is 2.74 bits per heavy atom. The average Bonchev–Trinajstić information content (AvgIpc) is 2.30. The maximum atomic E-state index is 13.2. The molecule has 104 valence electrons. The minimum Gasteiger partial charge on any atom is -0.393 e. The molecule has 1 aliphatic rings. The van der Waals surface area contributed by atoms with E-state index in [0.29, 0.717) is 30.5 Å². The molecule has 1 saturated heterocycles. The number of hydrogen-bond acceptors (Lipinski definition) is 2. The first-order valence-electron chi connectivity index (χ1n) is 6.57. The Hall–Kier alpha value is -1.42. The van der Waals surface area contributed by atoms with Gasteiger partial charge in [0.05, 0.1) is 6.10 Å². The third-order valence-corrected chi connectivity index (χ3v) is 3.80. The molecule has 2 rings (SSSR count). The number of hydrogen-bond donors (Lipinski definition) is 1. The van der Waals surface area contributed by atoms with Crippen molar-refractivity contribution in [3.05, 3.63) is 35.1 Å². The molecular formula is C15H20FNO2. The van der Waals surface area contributed by atoms with Crippen molar-refractivity contribution < 1.29 is 14.3 Å². The van der Waals surface area contributed by atoms with Crippen LogP contribution in [0.5, 0.6) is 0 Å². The lowest BCUT2D eigenvalue weighted by atomic mass is 9.88. The van der Waals surface area contributed by atoms with E-state index in [9.17, 15) is 14.3 Å². The second-order valence-corrected chi connectivity index (χ2v) is 5.88. The highest BCUT2D eigenvalue weighted by atomic mass is 19.1. The number of nitrogens with zero attached hydrogens (tertiary/aromatic N) is 1. The highest BCUT2D eigenvalue weighted by Gasteiger charge is 2.37. The fraction of sp³-hybridized carbons (Fsp3) is 0.533. The molecule has 1 atom stereocenters. The molecule has 1 unspecified atom stereocenters. The molecular weight excluding hydrogens is 245 g/mol. The summed E-state index contributed by atoms with van der Waals surface area (Å²) in [6.07, 6.45) is 0.808. The maximum Gasteiger partial charge on any atom is 0.254 e. The van der Waals surface area contributed by atoms with Gasteiger partial charge in [0.15, 0.2) is 0 Å². The molecule has 0 spiro atoms. The molecule has 19 heavy (non-hydrogen) atoms. The predicted octanol–water partition coefficient (Wildman–Crippen LogP) is 2.51. The van der Waals surface area contributed by atoms with Gasteiger partial charge < -0.3 is 10.0 Å².